The van der Waals surface area contributed by atoms with Crippen LogP contribution >= 0.6 is 0 Å². The Kier molecular flexibility index (Phi) is 5.58. The number of fused-ring (bicyclic) bond motifs is 1. The molecule has 148 valence electrons. The zero-order chi connectivity index (χ0) is 20.9. The van der Waals surface area contributed by atoms with Gasteiger partial charge in [0, 0.05) is 12.1 Å². The lowest BCUT2D eigenvalue weighted by atomic mass is 9.97. The Balaban J connectivity index is 2.03. The summed E-state index contributed by atoms with van der Waals surface area (Å²) in [5.41, 5.74) is 11.1. The molecule has 0 radical (unpaired) electrons. The summed E-state index contributed by atoms with van der Waals surface area (Å²) in [6, 6.07) is 24.3. The monoisotopic (exact) mass is 393 g/mol. The highest BCUT2D eigenvalue weighted by Crippen LogP contribution is 2.37. The number of nitrogens with one attached hydrogen (secondary N) is 1. The van der Waals surface area contributed by atoms with Crippen LogP contribution in [0.3, 0.4) is 0 Å². The van der Waals surface area contributed by atoms with E-state index in [1.165, 1.54) is 0 Å². The van der Waals surface area contributed by atoms with Gasteiger partial charge in [-0.1, -0.05) is 74.0 Å². The molecule has 0 spiro atoms. The summed E-state index contributed by atoms with van der Waals surface area (Å²) in [4.78, 5) is 9.41. The van der Waals surface area contributed by atoms with Crippen molar-refractivity contribution in [3.8, 4) is 28.5 Å². The van der Waals surface area contributed by atoms with Gasteiger partial charge in [0.1, 0.15) is 23.3 Å². The molecule has 0 saturated heterocycles. The minimum atomic E-state index is 0.369. The molecule has 2 heterocycles. The minimum Gasteiger partial charge on any atom is -0.383 e. The van der Waals surface area contributed by atoms with Crippen molar-refractivity contribution in [1.82, 2.24) is 9.97 Å². The second kappa shape index (κ2) is 8.62. The van der Waals surface area contributed by atoms with Crippen molar-refractivity contribution >= 4 is 22.5 Å². The molecule has 3 N–H and O–H groups in total. The van der Waals surface area contributed by atoms with E-state index in [9.17, 15) is 5.26 Å². The Hall–Kier alpha value is -3.91. The Bertz CT molecular complexity index is 1210. The molecule has 0 amide bonds. The Morgan fingerprint density at radius 1 is 0.967 bits per heavy atom. The Morgan fingerprint density at radius 2 is 1.63 bits per heavy atom. The molecular formula is C25H23N5. The average molecular weight is 393 g/mol. The molecular weight excluding hydrogens is 370 g/mol. The SMILES string of the molecule is CCCCNc1nc(N)c2c(-c3ccccc3)cc(-c3ccccc3)nc2c1C#N. The fourth-order valence-electron chi connectivity index (χ4n) is 3.55. The lowest BCUT2D eigenvalue weighted by molar-refractivity contribution is 0.831. The molecule has 0 saturated carbocycles. The maximum absolute atomic E-state index is 9.98. The third kappa shape index (κ3) is 3.68. The molecule has 0 unspecified atom stereocenters. The predicted octanol–water partition coefficient (Wildman–Crippen LogP) is 5.63. The standard InChI is InChI=1S/C25H23N5/c1-2-3-14-28-25-20(16-26)23-22(24(27)30-25)19(17-10-6-4-7-11-17)15-21(29-23)18-12-8-5-9-13-18/h4-13,15H,2-3,14H2,1H3,(H3,27,28,30). The van der Waals surface area contributed by atoms with Crippen LogP contribution in [0.1, 0.15) is 25.3 Å². The zero-order valence-electron chi connectivity index (χ0n) is 16.9. The molecule has 4 aromatic rings. The first kappa shape index (κ1) is 19.4. The first-order chi connectivity index (χ1) is 14.7. The van der Waals surface area contributed by atoms with E-state index in [1.54, 1.807) is 0 Å². The Morgan fingerprint density at radius 3 is 2.27 bits per heavy atom. The predicted molar refractivity (Wildman–Crippen MR) is 123 cm³/mol. The second-order valence-electron chi connectivity index (χ2n) is 7.12. The molecule has 5 heteroatoms. The fourth-order valence-corrected chi connectivity index (χ4v) is 3.55. The molecule has 5 nitrogen and oxygen atoms in total. The van der Waals surface area contributed by atoms with E-state index in [1.807, 2.05) is 66.7 Å². The van der Waals surface area contributed by atoms with E-state index in [2.05, 4.69) is 23.3 Å². The molecule has 2 aromatic carbocycles. The van der Waals surface area contributed by atoms with Crippen LogP contribution in [-0.2, 0) is 0 Å². The van der Waals surface area contributed by atoms with E-state index in [4.69, 9.17) is 10.7 Å². The summed E-state index contributed by atoms with van der Waals surface area (Å²) in [7, 11) is 0. The maximum Gasteiger partial charge on any atom is 0.148 e. The molecule has 0 bridgehead atoms. The van der Waals surface area contributed by atoms with Gasteiger partial charge in [-0.2, -0.15) is 5.26 Å². The van der Waals surface area contributed by atoms with Crippen molar-refractivity contribution in [3.63, 3.8) is 0 Å². The number of nitrogens with zero attached hydrogens (tertiary/aromatic N) is 3. The smallest absolute Gasteiger partial charge is 0.148 e. The van der Waals surface area contributed by atoms with E-state index >= 15 is 0 Å². The summed E-state index contributed by atoms with van der Waals surface area (Å²) < 4.78 is 0. The highest BCUT2D eigenvalue weighted by atomic mass is 15.0. The van der Waals surface area contributed by atoms with Crippen molar-refractivity contribution in [2.45, 2.75) is 19.8 Å². The summed E-state index contributed by atoms with van der Waals surface area (Å²) in [5, 5.41) is 13.9. The van der Waals surface area contributed by atoms with Gasteiger partial charge in [0.05, 0.1) is 16.6 Å². The van der Waals surface area contributed by atoms with Crippen LogP contribution in [0.5, 0.6) is 0 Å². The number of unbranched alkanes of at least 4 members (excludes halogenated alkanes) is 1. The normalized spacial score (nSPS) is 10.7. The van der Waals surface area contributed by atoms with E-state index in [-0.39, 0.29) is 0 Å². The number of nitriles is 1. The first-order valence-electron chi connectivity index (χ1n) is 10.1. The highest BCUT2D eigenvalue weighted by Gasteiger charge is 2.19. The number of hydrogen-bond donors (Lipinski definition) is 2. The summed E-state index contributed by atoms with van der Waals surface area (Å²) in [5.74, 6) is 0.863. The molecule has 0 aliphatic rings. The van der Waals surface area contributed by atoms with Gasteiger partial charge < -0.3 is 11.1 Å². The largest absolute Gasteiger partial charge is 0.383 e. The highest BCUT2D eigenvalue weighted by molar-refractivity contribution is 6.06. The van der Waals surface area contributed by atoms with Crippen molar-refractivity contribution in [1.29, 1.82) is 5.26 Å². The molecule has 30 heavy (non-hydrogen) atoms. The average Bonchev–Trinajstić information content (AvgIpc) is 2.80. The van der Waals surface area contributed by atoms with Crippen LogP contribution < -0.4 is 11.1 Å². The molecule has 0 fully saturated rings. The quantitative estimate of drug-likeness (QED) is 0.415. The summed E-state index contributed by atoms with van der Waals surface area (Å²) in [6.45, 7) is 2.85. The van der Waals surface area contributed by atoms with Gasteiger partial charge in [0.2, 0.25) is 0 Å². The van der Waals surface area contributed by atoms with Crippen LogP contribution in [0.2, 0.25) is 0 Å². The topological polar surface area (TPSA) is 87.6 Å². The van der Waals surface area contributed by atoms with E-state index in [0.717, 1.165) is 41.8 Å². The third-order valence-corrected chi connectivity index (χ3v) is 5.07. The van der Waals surface area contributed by atoms with Crippen LogP contribution in [-0.4, -0.2) is 16.5 Å². The fraction of sp³-hybridized carbons (Fsp3) is 0.160. The molecule has 0 aliphatic carbocycles. The van der Waals surface area contributed by atoms with E-state index in [0.29, 0.717) is 28.1 Å². The van der Waals surface area contributed by atoms with E-state index < -0.39 is 0 Å². The third-order valence-electron chi connectivity index (χ3n) is 5.07. The number of hydrogen-bond acceptors (Lipinski definition) is 5. The lowest BCUT2D eigenvalue weighted by Crippen LogP contribution is -2.08. The summed E-state index contributed by atoms with van der Waals surface area (Å²) in [6.07, 6.45) is 2.03. The minimum absolute atomic E-state index is 0.369. The lowest BCUT2D eigenvalue weighted by Gasteiger charge is -2.15. The number of benzene rings is 2. The van der Waals surface area contributed by atoms with Crippen molar-refractivity contribution in [2.75, 3.05) is 17.6 Å². The van der Waals surface area contributed by atoms with Gasteiger partial charge in [-0.25, -0.2) is 9.97 Å². The maximum atomic E-state index is 9.98. The van der Waals surface area contributed by atoms with Crippen molar-refractivity contribution < 1.29 is 0 Å². The van der Waals surface area contributed by atoms with Crippen molar-refractivity contribution in [3.05, 3.63) is 72.3 Å². The number of rotatable bonds is 6. The van der Waals surface area contributed by atoms with Crippen LogP contribution in [0.4, 0.5) is 11.6 Å². The van der Waals surface area contributed by atoms with Crippen LogP contribution in [0, 0.1) is 11.3 Å². The molecule has 0 atom stereocenters. The van der Waals surface area contributed by atoms with Gasteiger partial charge in [-0.15, -0.1) is 0 Å². The van der Waals surface area contributed by atoms with Gasteiger partial charge in [-0.05, 0) is 23.6 Å². The van der Waals surface area contributed by atoms with Gasteiger partial charge in [0.25, 0.3) is 0 Å². The first-order valence-corrected chi connectivity index (χ1v) is 10.1. The second-order valence-corrected chi connectivity index (χ2v) is 7.12. The molecule has 0 aliphatic heterocycles. The Labute approximate surface area is 176 Å². The van der Waals surface area contributed by atoms with Crippen molar-refractivity contribution in [2.24, 2.45) is 0 Å². The van der Waals surface area contributed by atoms with Gasteiger partial charge in [-0.3, -0.25) is 0 Å². The van der Waals surface area contributed by atoms with Crippen LogP contribution in [0.15, 0.2) is 66.7 Å². The number of anilines is 2. The molecule has 2 aromatic heterocycles. The molecule has 4 rings (SSSR count). The van der Waals surface area contributed by atoms with Gasteiger partial charge >= 0.3 is 0 Å². The van der Waals surface area contributed by atoms with Crippen LogP contribution in [0.25, 0.3) is 33.3 Å². The van der Waals surface area contributed by atoms with Gasteiger partial charge in [0.15, 0.2) is 0 Å². The number of pyridine rings is 2. The zero-order valence-corrected chi connectivity index (χ0v) is 16.9. The number of nitrogens with two attached hydrogens (primary N) is 1. The number of aromatic nitrogens is 2. The number of nitrogen functional groups attached to an aromatic ring is 1. The summed E-state index contributed by atoms with van der Waals surface area (Å²) >= 11 is 0.